The van der Waals surface area contributed by atoms with Crippen molar-refractivity contribution >= 4 is 17.0 Å². The summed E-state index contributed by atoms with van der Waals surface area (Å²) >= 11 is 0. The van der Waals surface area contributed by atoms with E-state index in [1.807, 2.05) is 13.8 Å². The van der Waals surface area contributed by atoms with E-state index < -0.39 is 0 Å². The molecule has 0 unspecified atom stereocenters. The number of rotatable bonds is 2. The van der Waals surface area contributed by atoms with E-state index in [1.54, 1.807) is 18.3 Å². The first-order valence-electron chi connectivity index (χ1n) is 6.24. The van der Waals surface area contributed by atoms with E-state index in [4.69, 9.17) is 15.7 Å². The van der Waals surface area contributed by atoms with Gasteiger partial charge in [0.2, 0.25) is 11.8 Å². The van der Waals surface area contributed by atoms with Gasteiger partial charge in [0, 0.05) is 0 Å². The lowest BCUT2D eigenvalue weighted by Gasteiger charge is -2.12. The first kappa shape index (κ1) is 12.9. The van der Waals surface area contributed by atoms with Gasteiger partial charge in [-0.25, -0.2) is 0 Å². The topological polar surface area (TPSA) is 113 Å². The molecule has 0 amide bonds. The number of hydrogen-bond donors (Lipinski definition) is 2. The van der Waals surface area contributed by atoms with Crippen molar-refractivity contribution in [2.45, 2.75) is 13.8 Å². The maximum Gasteiger partial charge on any atom is 0.235 e. The Labute approximate surface area is 120 Å². The lowest BCUT2D eigenvalue weighted by molar-refractivity contribution is 0.462. The zero-order chi connectivity index (χ0) is 15.0. The van der Waals surface area contributed by atoms with E-state index in [1.165, 1.54) is 0 Å². The van der Waals surface area contributed by atoms with Crippen LogP contribution in [0, 0.1) is 25.2 Å². The van der Waals surface area contributed by atoms with Crippen LogP contribution < -0.4 is 10.5 Å². The smallest absolute Gasteiger partial charge is 0.235 e. The predicted molar refractivity (Wildman–Crippen MR) is 76.8 cm³/mol. The third-order valence-electron chi connectivity index (χ3n) is 3.08. The Kier molecular flexibility index (Phi) is 2.92. The average Bonchev–Trinajstić information content (AvgIpc) is 2.90. The zero-order valence-corrected chi connectivity index (χ0v) is 11.5. The molecule has 7 nitrogen and oxygen atoms in total. The number of aryl methyl sites for hydroxylation is 2. The molecule has 0 aliphatic heterocycles. The highest BCUT2D eigenvalue weighted by Crippen LogP contribution is 2.32. The number of nitrogens with zero attached hydrogens (tertiary/aromatic N) is 4. The molecule has 7 heteroatoms. The molecule has 3 rings (SSSR count). The number of nitrogens with two attached hydrogens (primary N) is 1. The normalized spacial score (nSPS) is 10.5. The third kappa shape index (κ3) is 2.23. The maximum absolute atomic E-state index is 8.98. The van der Waals surface area contributed by atoms with Gasteiger partial charge in [0.15, 0.2) is 5.65 Å². The maximum atomic E-state index is 8.98. The molecule has 0 fully saturated rings. The molecule has 21 heavy (non-hydrogen) atoms. The molecule has 0 atom stereocenters. The van der Waals surface area contributed by atoms with E-state index in [0.717, 1.165) is 11.1 Å². The lowest BCUT2D eigenvalue weighted by Crippen LogP contribution is -2.00. The SMILES string of the molecule is Cc1cc(C#N)cc(C)c1Oc1nc(N)nc2[nH]ncc12. The number of H-pyrrole nitrogens is 1. The molecule has 0 aliphatic rings. The van der Waals surface area contributed by atoms with Crippen molar-refractivity contribution < 1.29 is 4.74 Å². The minimum absolute atomic E-state index is 0.103. The third-order valence-corrected chi connectivity index (χ3v) is 3.08. The summed E-state index contributed by atoms with van der Waals surface area (Å²) in [5, 5.41) is 16.3. The van der Waals surface area contributed by atoms with Crippen molar-refractivity contribution in [1.29, 1.82) is 5.26 Å². The van der Waals surface area contributed by atoms with E-state index in [-0.39, 0.29) is 5.95 Å². The summed E-state index contributed by atoms with van der Waals surface area (Å²) in [6.45, 7) is 3.75. The number of ether oxygens (including phenoxy) is 1. The summed E-state index contributed by atoms with van der Waals surface area (Å²) in [5.41, 5.74) is 8.47. The Morgan fingerprint density at radius 2 is 1.95 bits per heavy atom. The Morgan fingerprint density at radius 3 is 2.62 bits per heavy atom. The first-order valence-corrected chi connectivity index (χ1v) is 6.24. The van der Waals surface area contributed by atoms with Gasteiger partial charge in [-0.1, -0.05) is 0 Å². The van der Waals surface area contributed by atoms with Crippen LogP contribution in [0.15, 0.2) is 18.3 Å². The van der Waals surface area contributed by atoms with Crippen molar-refractivity contribution in [2.24, 2.45) is 0 Å². The van der Waals surface area contributed by atoms with E-state index >= 15 is 0 Å². The van der Waals surface area contributed by atoms with Crippen molar-refractivity contribution in [3.63, 3.8) is 0 Å². The van der Waals surface area contributed by atoms with Gasteiger partial charge in [0.25, 0.3) is 0 Å². The highest BCUT2D eigenvalue weighted by Gasteiger charge is 2.13. The number of nitrogen functional groups attached to an aromatic ring is 1. The Balaban J connectivity index is 2.11. The van der Waals surface area contributed by atoms with Crippen LogP contribution >= 0.6 is 0 Å². The molecule has 1 aromatic carbocycles. The molecule has 3 aromatic rings. The van der Waals surface area contributed by atoms with Crippen LogP contribution in [-0.2, 0) is 0 Å². The van der Waals surface area contributed by atoms with E-state index in [0.29, 0.717) is 28.2 Å². The molecule has 0 saturated carbocycles. The number of hydrogen-bond acceptors (Lipinski definition) is 6. The fourth-order valence-corrected chi connectivity index (χ4v) is 2.18. The van der Waals surface area contributed by atoms with Gasteiger partial charge in [-0.2, -0.15) is 20.3 Å². The fraction of sp³-hybridized carbons (Fsp3) is 0.143. The molecular formula is C14H12N6O. The van der Waals surface area contributed by atoms with Crippen LogP contribution in [0.5, 0.6) is 11.6 Å². The summed E-state index contributed by atoms with van der Waals surface area (Å²) < 4.78 is 5.89. The molecule has 104 valence electrons. The summed E-state index contributed by atoms with van der Waals surface area (Å²) in [7, 11) is 0. The van der Waals surface area contributed by atoms with Gasteiger partial charge in [0.05, 0.1) is 17.8 Å². The highest BCUT2D eigenvalue weighted by atomic mass is 16.5. The standard InChI is InChI=1S/C14H12N6O/c1-7-3-9(5-15)4-8(2)11(7)21-13-10-6-17-20-12(10)18-14(16)19-13/h3-4,6H,1-2H3,(H3,16,17,18,19,20). The molecule has 0 spiro atoms. The molecule has 2 aromatic heterocycles. The molecule has 0 saturated heterocycles. The fourth-order valence-electron chi connectivity index (χ4n) is 2.18. The minimum atomic E-state index is 0.103. The molecule has 0 radical (unpaired) electrons. The summed E-state index contributed by atoms with van der Waals surface area (Å²) in [6.07, 6.45) is 1.58. The number of nitriles is 1. The zero-order valence-electron chi connectivity index (χ0n) is 11.5. The van der Waals surface area contributed by atoms with Crippen molar-refractivity contribution in [1.82, 2.24) is 20.2 Å². The van der Waals surface area contributed by atoms with Crippen LogP contribution in [0.25, 0.3) is 11.0 Å². The lowest BCUT2D eigenvalue weighted by atomic mass is 10.1. The van der Waals surface area contributed by atoms with Crippen molar-refractivity contribution in [3.05, 3.63) is 35.0 Å². The van der Waals surface area contributed by atoms with Gasteiger partial charge in [-0.05, 0) is 37.1 Å². The first-order chi connectivity index (χ1) is 10.1. The second kappa shape index (κ2) is 4.76. The Morgan fingerprint density at radius 1 is 1.24 bits per heavy atom. The molecule has 3 N–H and O–H groups in total. The molecule has 2 heterocycles. The number of aromatic amines is 1. The van der Waals surface area contributed by atoms with Crippen LogP contribution in [-0.4, -0.2) is 20.2 Å². The second-order valence-corrected chi connectivity index (χ2v) is 4.67. The van der Waals surface area contributed by atoms with Gasteiger partial charge in [0.1, 0.15) is 11.1 Å². The number of anilines is 1. The van der Waals surface area contributed by atoms with Crippen molar-refractivity contribution in [2.75, 3.05) is 5.73 Å². The summed E-state index contributed by atoms with van der Waals surface area (Å²) in [4.78, 5) is 8.15. The largest absolute Gasteiger partial charge is 0.437 e. The number of aromatic nitrogens is 4. The monoisotopic (exact) mass is 280 g/mol. The van der Waals surface area contributed by atoms with Gasteiger partial charge in [-0.3, -0.25) is 5.10 Å². The van der Waals surface area contributed by atoms with Crippen LogP contribution in [0.4, 0.5) is 5.95 Å². The van der Waals surface area contributed by atoms with Crippen LogP contribution in [0.2, 0.25) is 0 Å². The van der Waals surface area contributed by atoms with E-state index in [9.17, 15) is 0 Å². The van der Waals surface area contributed by atoms with Gasteiger partial charge in [-0.15, -0.1) is 0 Å². The van der Waals surface area contributed by atoms with Gasteiger partial charge >= 0.3 is 0 Å². The summed E-state index contributed by atoms with van der Waals surface area (Å²) in [6, 6.07) is 5.64. The second-order valence-electron chi connectivity index (χ2n) is 4.67. The quantitative estimate of drug-likeness (QED) is 0.744. The Hall–Kier alpha value is -3.14. The number of benzene rings is 1. The van der Waals surface area contributed by atoms with E-state index in [2.05, 4.69) is 26.2 Å². The molecule has 0 aliphatic carbocycles. The average molecular weight is 280 g/mol. The number of fused-ring (bicyclic) bond motifs is 1. The highest BCUT2D eigenvalue weighted by molar-refractivity contribution is 5.80. The minimum Gasteiger partial charge on any atom is -0.437 e. The van der Waals surface area contributed by atoms with Crippen molar-refractivity contribution in [3.8, 4) is 17.7 Å². The van der Waals surface area contributed by atoms with Crippen LogP contribution in [0.1, 0.15) is 16.7 Å². The Bertz CT molecular complexity index is 854. The predicted octanol–water partition coefficient (Wildman–Crippen LogP) is 2.22. The van der Waals surface area contributed by atoms with Crippen LogP contribution in [0.3, 0.4) is 0 Å². The number of nitrogens with one attached hydrogen (secondary N) is 1. The molecular weight excluding hydrogens is 268 g/mol. The van der Waals surface area contributed by atoms with Gasteiger partial charge < -0.3 is 10.5 Å². The molecule has 0 bridgehead atoms. The summed E-state index contributed by atoms with van der Waals surface area (Å²) in [5.74, 6) is 1.09.